The van der Waals surface area contributed by atoms with Crippen LogP contribution in [0.3, 0.4) is 0 Å². The van der Waals surface area contributed by atoms with Crippen LogP contribution in [0.25, 0.3) is 10.9 Å². The Kier molecular flexibility index (Phi) is 5.44. The minimum Gasteiger partial charge on any atom is -0.364 e. The summed E-state index contributed by atoms with van der Waals surface area (Å²) in [5.74, 6) is -1.41. The van der Waals surface area contributed by atoms with Crippen LogP contribution in [-0.4, -0.2) is 26.6 Å². The number of primary amides is 1. The fourth-order valence-electron chi connectivity index (χ4n) is 3.77. The van der Waals surface area contributed by atoms with E-state index < -0.39 is 11.8 Å². The van der Waals surface area contributed by atoms with Gasteiger partial charge in [0.1, 0.15) is 11.5 Å². The average molecular weight is 431 g/mol. The molecule has 0 radical (unpaired) electrons. The van der Waals surface area contributed by atoms with Gasteiger partial charge in [0.2, 0.25) is 0 Å². The van der Waals surface area contributed by atoms with Crippen LogP contribution < -0.4 is 11.1 Å². The van der Waals surface area contributed by atoms with Crippen molar-refractivity contribution in [3.05, 3.63) is 88.6 Å². The Hall–Kier alpha value is -4.07. The van der Waals surface area contributed by atoms with Crippen LogP contribution >= 0.6 is 0 Å². The van der Waals surface area contributed by atoms with Gasteiger partial charge in [-0.05, 0) is 50.6 Å². The third kappa shape index (κ3) is 3.82. The van der Waals surface area contributed by atoms with Gasteiger partial charge in [-0.3, -0.25) is 14.3 Å². The number of fused-ring (bicyclic) bond motifs is 1. The molecule has 4 rings (SSSR count). The van der Waals surface area contributed by atoms with Crippen LogP contribution in [0.15, 0.2) is 54.6 Å². The maximum atomic E-state index is 13.3. The Morgan fingerprint density at radius 3 is 2.47 bits per heavy atom. The zero-order chi connectivity index (χ0) is 23.0. The highest BCUT2D eigenvalue weighted by atomic mass is 19.1. The van der Waals surface area contributed by atoms with Crippen LogP contribution in [0.2, 0.25) is 0 Å². The monoisotopic (exact) mass is 431 g/mol. The van der Waals surface area contributed by atoms with Crippen LogP contribution in [-0.2, 0) is 0 Å². The minimum atomic E-state index is -0.710. The molecule has 3 N–H and O–H groups in total. The molecule has 8 heteroatoms. The van der Waals surface area contributed by atoms with Crippen molar-refractivity contribution in [3.63, 3.8) is 0 Å². The van der Waals surface area contributed by atoms with Crippen molar-refractivity contribution in [2.75, 3.05) is 5.32 Å². The van der Waals surface area contributed by atoms with E-state index >= 15 is 0 Å². The Labute approximate surface area is 184 Å². The van der Waals surface area contributed by atoms with Gasteiger partial charge in [-0.15, -0.1) is 0 Å². The zero-order valence-corrected chi connectivity index (χ0v) is 17.9. The second-order valence-electron chi connectivity index (χ2n) is 7.61. The first-order valence-corrected chi connectivity index (χ1v) is 10.1. The molecule has 0 fully saturated rings. The number of nitrogens with one attached hydrogen (secondary N) is 1. The number of carbonyl (C=O) groups is 2. The van der Waals surface area contributed by atoms with Gasteiger partial charge in [0.05, 0.1) is 34.2 Å². The van der Waals surface area contributed by atoms with E-state index in [9.17, 15) is 14.0 Å². The van der Waals surface area contributed by atoms with Crippen molar-refractivity contribution in [2.45, 2.75) is 26.8 Å². The van der Waals surface area contributed by atoms with E-state index in [4.69, 9.17) is 5.73 Å². The van der Waals surface area contributed by atoms with Gasteiger partial charge >= 0.3 is 0 Å². The smallest absolute Gasteiger partial charge is 0.267 e. The summed E-state index contributed by atoms with van der Waals surface area (Å²) in [5.41, 5.74) is 9.07. The van der Waals surface area contributed by atoms with E-state index in [0.29, 0.717) is 27.8 Å². The number of hydrogen-bond acceptors (Lipinski definition) is 4. The van der Waals surface area contributed by atoms with Crippen molar-refractivity contribution in [2.24, 2.45) is 5.73 Å². The van der Waals surface area contributed by atoms with E-state index in [0.717, 1.165) is 11.3 Å². The van der Waals surface area contributed by atoms with Gasteiger partial charge in [0.25, 0.3) is 11.8 Å². The maximum absolute atomic E-state index is 13.3. The molecule has 2 aromatic heterocycles. The second-order valence-corrected chi connectivity index (χ2v) is 7.61. The molecule has 7 nitrogen and oxygen atoms in total. The largest absolute Gasteiger partial charge is 0.364 e. The number of carbonyl (C=O) groups excluding carboxylic acids is 2. The number of halogens is 1. The lowest BCUT2D eigenvalue weighted by atomic mass is 10.1. The average Bonchev–Trinajstić information content (AvgIpc) is 3.06. The zero-order valence-electron chi connectivity index (χ0n) is 17.9. The summed E-state index contributed by atoms with van der Waals surface area (Å²) >= 11 is 0. The molecule has 0 spiro atoms. The Morgan fingerprint density at radius 2 is 1.78 bits per heavy atom. The highest BCUT2D eigenvalue weighted by Gasteiger charge is 2.21. The molecule has 0 aliphatic rings. The van der Waals surface area contributed by atoms with E-state index in [-0.39, 0.29) is 17.6 Å². The van der Waals surface area contributed by atoms with Gasteiger partial charge < -0.3 is 11.1 Å². The first-order valence-electron chi connectivity index (χ1n) is 10.1. The molecular formula is C24H22FN5O2. The lowest BCUT2D eigenvalue weighted by Gasteiger charge is -2.15. The summed E-state index contributed by atoms with van der Waals surface area (Å²) in [6, 6.07) is 14.5. The third-order valence-corrected chi connectivity index (χ3v) is 5.50. The number of para-hydroxylation sites is 1. The van der Waals surface area contributed by atoms with Crippen molar-refractivity contribution >= 4 is 28.4 Å². The molecule has 4 aromatic rings. The Morgan fingerprint density at radius 1 is 1.09 bits per heavy atom. The molecular weight excluding hydrogens is 409 g/mol. The number of nitrogens with two attached hydrogens (primary N) is 1. The summed E-state index contributed by atoms with van der Waals surface area (Å²) in [6.45, 7) is 5.61. The van der Waals surface area contributed by atoms with Gasteiger partial charge in [-0.2, -0.15) is 5.10 Å². The van der Waals surface area contributed by atoms with Gasteiger partial charge in [0, 0.05) is 5.39 Å². The number of benzene rings is 2. The van der Waals surface area contributed by atoms with Crippen molar-refractivity contribution < 1.29 is 14.0 Å². The van der Waals surface area contributed by atoms with Crippen molar-refractivity contribution in [1.29, 1.82) is 0 Å². The number of rotatable bonds is 5. The molecule has 0 aliphatic carbocycles. The summed E-state index contributed by atoms with van der Waals surface area (Å²) in [7, 11) is 0. The second kappa shape index (κ2) is 8.22. The molecule has 1 atom stereocenters. The fraction of sp³-hybridized carbons (Fsp3) is 0.167. The lowest BCUT2D eigenvalue weighted by Crippen LogP contribution is -2.18. The lowest BCUT2D eigenvalue weighted by molar-refractivity contribution is 0.0996. The molecule has 0 bridgehead atoms. The van der Waals surface area contributed by atoms with Crippen LogP contribution in [0.4, 0.5) is 10.1 Å². The topological polar surface area (TPSA) is 103 Å². The fourth-order valence-corrected chi connectivity index (χ4v) is 3.77. The molecule has 2 amide bonds. The quantitative estimate of drug-likeness (QED) is 0.495. The number of amides is 2. The van der Waals surface area contributed by atoms with Crippen LogP contribution in [0.5, 0.6) is 0 Å². The number of aryl methyl sites for hydroxylation is 1. The number of pyridine rings is 1. The van der Waals surface area contributed by atoms with E-state index in [1.807, 2.05) is 13.8 Å². The molecule has 32 heavy (non-hydrogen) atoms. The first kappa shape index (κ1) is 21.2. The van der Waals surface area contributed by atoms with E-state index in [1.165, 1.54) is 18.2 Å². The number of nitrogens with zero attached hydrogens (tertiary/aromatic N) is 3. The minimum absolute atomic E-state index is 0.0166. The molecule has 2 aromatic carbocycles. The predicted octanol–water partition coefficient (Wildman–Crippen LogP) is 4.15. The van der Waals surface area contributed by atoms with Gasteiger partial charge in [0.15, 0.2) is 0 Å². The summed E-state index contributed by atoms with van der Waals surface area (Å²) in [6.07, 6.45) is 0. The molecule has 0 saturated heterocycles. The number of hydrogen-bond donors (Lipinski definition) is 2. The first-order chi connectivity index (χ1) is 15.3. The highest BCUT2D eigenvalue weighted by Crippen LogP contribution is 2.28. The summed E-state index contributed by atoms with van der Waals surface area (Å²) in [4.78, 5) is 29.2. The van der Waals surface area contributed by atoms with Gasteiger partial charge in [-0.25, -0.2) is 9.37 Å². The number of aromatic nitrogens is 3. The molecule has 1 unspecified atom stereocenters. The Balaban J connectivity index is 1.70. The summed E-state index contributed by atoms with van der Waals surface area (Å²) in [5, 5.41) is 8.12. The third-order valence-electron chi connectivity index (χ3n) is 5.50. The molecule has 2 heterocycles. The van der Waals surface area contributed by atoms with E-state index in [1.54, 1.807) is 48.0 Å². The van der Waals surface area contributed by atoms with Crippen LogP contribution in [0, 0.1) is 19.7 Å². The summed E-state index contributed by atoms with van der Waals surface area (Å²) < 4.78 is 15.1. The van der Waals surface area contributed by atoms with Gasteiger partial charge in [-0.1, -0.05) is 30.3 Å². The highest BCUT2D eigenvalue weighted by molar-refractivity contribution is 6.14. The van der Waals surface area contributed by atoms with Crippen molar-refractivity contribution in [3.8, 4) is 0 Å². The normalized spacial score (nSPS) is 12.0. The molecule has 0 saturated carbocycles. The predicted molar refractivity (Wildman–Crippen MR) is 120 cm³/mol. The maximum Gasteiger partial charge on any atom is 0.267 e. The Bertz CT molecular complexity index is 1340. The molecule has 162 valence electrons. The number of anilines is 1. The SMILES string of the molecule is Cc1nn(C(C)c2ccc(F)cc2)c(C)c1NC(=O)c1cc(C(N)=O)nc2ccccc12. The van der Waals surface area contributed by atoms with Crippen molar-refractivity contribution in [1.82, 2.24) is 14.8 Å². The standard InChI is InChI=1S/C24H22FN5O2/c1-13-22(15(3)30(29-13)14(2)16-8-10-17(25)11-9-16)28-24(32)19-12-21(23(26)31)27-20-7-5-4-6-18(19)20/h4-12,14H,1-3H3,(H2,26,31)(H,28,32). The van der Waals surface area contributed by atoms with E-state index in [2.05, 4.69) is 15.4 Å². The van der Waals surface area contributed by atoms with Crippen LogP contribution in [0.1, 0.15) is 50.8 Å². The molecule has 0 aliphatic heterocycles.